The number of carboxylic acid groups (broad SMARTS) is 1. The second-order valence-electron chi connectivity index (χ2n) is 4.95. The molecule has 1 aromatic carbocycles. The van der Waals surface area contributed by atoms with Gasteiger partial charge in [-0.2, -0.15) is 0 Å². The van der Waals surface area contributed by atoms with Gasteiger partial charge in [0.2, 0.25) is 0 Å². The van der Waals surface area contributed by atoms with Crippen molar-refractivity contribution in [3.05, 3.63) is 28.2 Å². The highest BCUT2D eigenvalue weighted by molar-refractivity contribution is 7.99. The molecule has 1 fully saturated rings. The molecule has 6 heteroatoms. The lowest BCUT2D eigenvalue weighted by atomic mass is 9.96. The summed E-state index contributed by atoms with van der Waals surface area (Å²) < 4.78 is 0. The summed E-state index contributed by atoms with van der Waals surface area (Å²) >= 11 is 13.4. The van der Waals surface area contributed by atoms with Gasteiger partial charge in [0.15, 0.2) is 0 Å². The molecule has 0 amide bonds. The molecule has 0 heterocycles. The Bertz CT molecular complexity index is 508. The molecule has 20 heavy (non-hydrogen) atoms. The van der Waals surface area contributed by atoms with Crippen molar-refractivity contribution in [3.8, 4) is 0 Å². The number of rotatable bonds is 7. The van der Waals surface area contributed by atoms with Crippen molar-refractivity contribution in [3.63, 3.8) is 0 Å². The van der Waals surface area contributed by atoms with Crippen LogP contribution in [0.3, 0.4) is 0 Å². The van der Waals surface area contributed by atoms with Gasteiger partial charge in [-0.3, -0.25) is 4.79 Å². The van der Waals surface area contributed by atoms with E-state index in [1.165, 1.54) is 11.8 Å². The zero-order valence-corrected chi connectivity index (χ0v) is 13.5. The Labute approximate surface area is 133 Å². The van der Waals surface area contributed by atoms with Crippen LogP contribution in [0, 0.1) is 5.92 Å². The third-order valence-corrected chi connectivity index (χ3v) is 5.43. The van der Waals surface area contributed by atoms with Crippen LogP contribution in [-0.2, 0) is 4.79 Å². The summed E-state index contributed by atoms with van der Waals surface area (Å²) in [5.74, 6) is -0.0663. The molecule has 1 aromatic rings. The van der Waals surface area contributed by atoms with Crippen molar-refractivity contribution < 1.29 is 9.90 Å². The van der Waals surface area contributed by atoms with Crippen LogP contribution in [0.5, 0.6) is 0 Å². The number of thioether (sulfide) groups is 1. The molecule has 1 aliphatic carbocycles. The highest BCUT2D eigenvalue weighted by Gasteiger charge is 2.50. The predicted octanol–water partition coefficient (Wildman–Crippen LogP) is 3.93. The van der Waals surface area contributed by atoms with Gasteiger partial charge in [0.25, 0.3) is 0 Å². The molecular formula is C14H17Cl2NO2S. The van der Waals surface area contributed by atoms with Gasteiger partial charge in [-0.1, -0.05) is 30.1 Å². The van der Waals surface area contributed by atoms with Crippen LogP contribution in [0.1, 0.15) is 19.8 Å². The van der Waals surface area contributed by atoms with E-state index in [1.54, 1.807) is 12.1 Å². The van der Waals surface area contributed by atoms with Crippen molar-refractivity contribution in [2.75, 3.05) is 12.3 Å². The first-order valence-electron chi connectivity index (χ1n) is 6.56. The van der Waals surface area contributed by atoms with Crippen LogP contribution in [0.15, 0.2) is 23.1 Å². The maximum atomic E-state index is 11.7. The van der Waals surface area contributed by atoms with E-state index in [4.69, 9.17) is 23.2 Å². The lowest BCUT2D eigenvalue weighted by Gasteiger charge is -2.30. The molecule has 110 valence electrons. The van der Waals surface area contributed by atoms with Crippen molar-refractivity contribution in [2.45, 2.75) is 30.2 Å². The second-order valence-corrected chi connectivity index (χ2v) is 6.81. The Kier molecular flexibility index (Phi) is 5.24. The Hall–Kier alpha value is -0.420. The number of carbonyl (C=O) groups is 1. The summed E-state index contributed by atoms with van der Waals surface area (Å²) in [5.41, 5.74) is -0.842. The summed E-state index contributed by atoms with van der Waals surface area (Å²) in [6.07, 6.45) is 1.95. The van der Waals surface area contributed by atoms with E-state index < -0.39 is 11.5 Å². The minimum absolute atomic E-state index is 0.218. The molecule has 2 N–H and O–H groups in total. The molecule has 0 radical (unpaired) electrons. The zero-order chi connectivity index (χ0) is 14.8. The van der Waals surface area contributed by atoms with Gasteiger partial charge in [-0.15, -0.1) is 11.8 Å². The van der Waals surface area contributed by atoms with E-state index in [0.717, 1.165) is 17.7 Å². The van der Waals surface area contributed by atoms with Crippen LogP contribution in [-0.4, -0.2) is 28.9 Å². The van der Waals surface area contributed by atoms with E-state index in [-0.39, 0.29) is 5.92 Å². The van der Waals surface area contributed by atoms with Crippen LogP contribution < -0.4 is 5.32 Å². The van der Waals surface area contributed by atoms with Crippen LogP contribution >= 0.6 is 35.0 Å². The van der Waals surface area contributed by atoms with E-state index in [9.17, 15) is 9.90 Å². The second kappa shape index (κ2) is 6.56. The molecule has 0 aliphatic heterocycles. The summed E-state index contributed by atoms with van der Waals surface area (Å²) in [6, 6.07) is 5.38. The number of likely N-dealkylation sites (N-methyl/N-ethyl adjacent to an activating group) is 1. The summed E-state index contributed by atoms with van der Waals surface area (Å²) in [4.78, 5) is 12.6. The average molecular weight is 334 g/mol. The summed E-state index contributed by atoms with van der Waals surface area (Å²) in [5, 5.41) is 13.8. The minimum Gasteiger partial charge on any atom is -0.480 e. The Morgan fingerprint density at radius 3 is 2.65 bits per heavy atom. The molecule has 1 unspecified atom stereocenters. The van der Waals surface area contributed by atoms with Gasteiger partial charge < -0.3 is 10.4 Å². The average Bonchev–Trinajstić information content (AvgIpc) is 3.23. The van der Waals surface area contributed by atoms with Crippen molar-refractivity contribution >= 4 is 40.9 Å². The monoisotopic (exact) mass is 333 g/mol. The fourth-order valence-electron chi connectivity index (χ4n) is 2.28. The van der Waals surface area contributed by atoms with Gasteiger partial charge in [-0.05, 0) is 43.5 Å². The van der Waals surface area contributed by atoms with Gasteiger partial charge in [0.05, 0.1) is 10.0 Å². The molecule has 1 atom stereocenters. The van der Waals surface area contributed by atoms with E-state index >= 15 is 0 Å². The normalized spacial score (nSPS) is 17.8. The molecule has 0 spiro atoms. The molecule has 0 bridgehead atoms. The largest absolute Gasteiger partial charge is 0.480 e. The molecule has 0 saturated heterocycles. The quantitative estimate of drug-likeness (QED) is 0.742. The maximum Gasteiger partial charge on any atom is 0.325 e. The standard InChI is InChI=1S/C14H17Cl2NO2S/c1-2-17-14(13(18)19,9-3-4-9)8-20-10-5-6-11(15)12(16)7-10/h5-7,9,17H,2-4,8H2,1H3,(H,18,19). The SMILES string of the molecule is CCNC(CSc1ccc(Cl)c(Cl)c1)(C(=O)O)C1CC1. The number of nitrogens with one attached hydrogen (secondary N) is 1. The van der Waals surface area contributed by atoms with Crippen molar-refractivity contribution in [1.29, 1.82) is 0 Å². The van der Waals surface area contributed by atoms with Gasteiger partial charge >= 0.3 is 5.97 Å². The lowest BCUT2D eigenvalue weighted by Crippen LogP contribution is -2.56. The van der Waals surface area contributed by atoms with Crippen LogP contribution in [0.25, 0.3) is 0 Å². The first-order chi connectivity index (χ1) is 9.49. The maximum absolute atomic E-state index is 11.7. The molecule has 3 nitrogen and oxygen atoms in total. The number of benzene rings is 1. The molecule has 1 aliphatic rings. The molecule has 1 saturated carbocycles. The first kappa shape index (κ1) is 16.0. The molecule has 0 aromatic heterocycles. The number of aliphatic carboxylic acids is 1. The van der Waals surface area contributed by atoms with Crippen LogP contribution in [0.4, 0.5) is 0 Å². The number of hydrogen-bond acceptors (Lipinski definition) is 3. The van der Waals surface area contributed by atoms with E-state index in [0.29, 0.717) is 22.3 Å². The van der Waals surface area contributed by atoms with E-state index in [2.05, 4.69) is 5.32 Å². The van der Waals surface area contributed by atoms with Crippen LogP contribution in [0.2, 0.25) is 10.0 Å². The third kappa shape index (κ3) is 3.42. The Morgan fingerprint density at radius 2 is 2.15 bits per heavy atom. The lowest BCUT2D eigenvalue weighted by molar-refractivity contribution is -0.144. The van der Waals surface area contributed by atoms with Gasteiger partial charge in [-0.25, -0.2) is 0 Å². The number of carboxylic acids is 1. The summed E-state index contributed by atoms with van der Waals surface area (Å²) in [6.45, 7) is 2.58. The van der Waals surface area contributed by atoms with Gasteiger partial charge in [0.1, 0.15) is 5.54 Å². The third-order valence-electron chi connectivity index (χ3n) is 3.51. The topological polar surface area (TPSA) is 49.3 Å². The zero-order valence-electron chi connectivity index (χ0n) is 11.2. The van der Waals surface area contributed by atoms with E-state index in [1.807, 2.05) is 13.0 Å². The fourth-order valence-corrected chi connectivity index (χ4v) is 3.86. The molecule has 2 rings (SSSR count). The summed E-state index contributed by atoms with van der Waals surface area (Å²) in [7, 11) is 0. The number of halogens is 2. The van der Waals surface area contributed by atoms with Gasteiger partial charge in [0, 0.05) is 10.6 Å². The predicted molar refractivity (Wildman–Crippen MR) is 84.0 cm³/mol. The van der Waals surface area contributed by atoms with Crippen molar-refractivity contribution in [2.24, 2.45) is 5.92 Å². The molecular weight excluding hydrogens is 317 g/mol. The smallest absolute Gasteiger partial charge is 0.325 e. The highest BCUT2D eigenvalue weighted by atomic mass is 35.5. The highest BCUT2D eigenvalue weighted by Crippen LogP contribution is 2.43. The number of hydrogen-bond donors (Lipinski definition) is 2. The Balaban J connectivity index is 2.11. The first-order valence-corrected chi connectivity index (χ1v) is 8.30. The van der Waals surface area contributed by atoms with Crippen molar-refractivity contribution in [1.82, 2.24) is 5.32 Å². The Morgan fingerprint density at radius 1 is 1.45 bits per heavy atom. The minimum atomic E-state index is -0.842. The fraction of sp³-hybridized carbons (Fsp3) is 0.500.